The second-order valence-corrected chi connectivity index (χ2v) is 3.54. The summed E-state index contributed by atoms with van der Waals surface area (Å²) in [7, 11) is 0. The van der Waals surface area contributed by atoms with Crippen molar-refractivity contribution in [2.24, 2.45) is 0 Å². The molecule has 6 heteroatoms. The molecule has 1 heterocycles. The Labute approximate surface area is 102 Å². The minimum atomic E-state index is -0.978. The van der Waals surface area contributed by atoms with Crippen LogP contribution < -0.4 is 4.74 Å². The average Bonchev–Trinajstić information content (AvgIpc) is 2.87. The third-order valence-electron chi connectivity index (χ3n) is 2.27. The van der Waals surface area contributed by atoms with Gasteiger partial charge in [-0.05, 0) is 12.1 Å². The van der Waals surface area contributed by atoms with Gasteiger partial charge in [0.1, 0.15) is 12.1 Å². The van der Waals surface area contributed by atoms with E-state index in [4.69, 9.17) is 4.74 Å². The molecule has 0 bridgehead atoms. The normalized spacial score (nSPS) is 10.3. The first-order chi connectivity index (χ1) is 8.66. The van der Waals surface area contributed by atoms with Crippen molar-refractivity contribution in [3.63, 3.8) is 0 Å². The van der Waals surface area contributed by atoms with Crippen LogP contribution >= 0.6 is 0 Å². The number of carbonyl (C=O) groups is 1. The molecule has 0 N–H and O–H groups in total. The molecule has 0 atom stereocenters. The van der Waals surface area contributed by atoms with Gasteiger partial charge in [-0.1, -0.05) is 0 Å². The molecule has 2 rings (SSSR count). The van der Waals surface area contributed by atoms with Crippen molar-refractivity contribution in [3.05, 3.63) is 48.6 Å². The molecule has 4 nitrogen and oxygen atoms in total. The third-order valence-corrected chi connectivity index (χ3v) is 2.27. The summed E-state index contributed by atoms with van der Waals surface area (Å²) in [6, 6.07) is 3.22. The Morgan fingerprint density at radius 1 is 1.33 bits per heavy atom. The molecule has 0 aliphatic carbocycles. The lowest BCUT2D eigenvalue weighted by atomic mass is 10.3. The standard InChI is InChI=1S/C12H10F2N2O2/c13-10-2-1-9(7-11(10)14)18-6-3-12(17)16-5-4-15-8-16/h1-2,4-5,7-8H,3,6H2. The van der Waals surface area contributed by atoms with E-state index in [0.29, 0.717) is 0 Å². The fourth-order valence-electron chi connectivity index (χ4n) is 1.36. The number of rotatable bonds is 4. The number of nitrogens with zero attached hydrogens (tertiary/aromatic N) is 2. The summed E-state index contributed by atoms with van der Waals surface area (Å²) >= 11 is 0. The van der Waals surface area contributed by atoms with Crippen molar-refractivity contribution in [2.75, 3.05) is 6.61 Å². The largest absolute Gasteiger partial charge is 0.493 e. The molecule has 0 spiro atoms. The van der Waals surface area contributed by atoms with Gasteiger partial charge in [0.05, 0.1) is 13.0 Å². The molecular formula is C12H10F2N2O2. The number of hydrogen-bond acceptors (Lipinski definition) is 3. The quantitative estimate of drug-likeness (QED) is 0.838. The maximum Gasteiger partial charge on any atom is 0.235 e. The molecule has 0 unspecified atom stereocenters. The van der Waals surface area contributed by atoms with Gasteiger partial charge in [-0.25, -0.2) is 13.8 Å². The Balaban J connectivity index is 1.85. The van der Waals surface area contributed by atoms with Crippen LogP contribution in [0.1, 0.15) is 11.2 Å². The molecule has 18 heavy (non-hydrogen) atoms. The van der Waals surface area contributed by atoms with Crippen molar-refractivity contribution < 1.29 is 18.3 Å². The Morgan fingerprint density at radius 2 is 2.17 bits per heavy atom. The van der Waals surface area contributed by atoms with E-state index in [0.717, 1.165) is 12.1 Å². The van der Waals surface area contributed by atoms with Gasteiger partial charge in [0.15, 0.2) is 11.6 Å². The molecule has 1 aromatic carbocycles. The minimum Gasteiger partial charge on any atom is -0.493 e. The fourth-order valence-corrected chi connectivity index (χ4v) is 1.36. The predicted octanol–water partition coefficient (Wildman–Crippen LogP) is 2.27. The highest BCUT2D eigenvalue weighted by Gasteiger charge is 2.06. The number of aromatic nitrogens is 2. The number of imidazole rings is 1. The van der Waals surface area contributed by atoms with E-state index in [2.05, 4.69) is 4.98 Å². The van der Waals surface area contributed by atoms with Crippen LogP contribution in [-0.2, 0) is 0 Å². The summed E-state index contributed by atoms with van der Waals surface area (Å²) in [5.41, 5.74) is 0. The third kappa shape index (κ3) is 2.91. The molecule has 0 aliphatic rings. The lowest BCUT2D eigenvalue weighted by molar-refractivity contribution is 0.0881. The number of halogens is 2. The molecule has 0 radical (unpaired) electrons. The Bertz CT molecular complexity index is 541. The van der Waals surface area contributed by atoms with Crippen molar-refractivity contribution in [3.8, 4) is 5.75 Å². The number of benzene rings is 1. The summed E-state index contributed by atoms with van der Waals surface area (Å²) in [5, 5.41) is 0. The molecule has 0 saturated heterocycles. The Hall–Kier alpha value is -2.24. The van der Waals surface area contributed by atoms with Crippen molar-refractivity contribution in [1.82, 2.24) is 9.55 Å². The zero-order valence-corrected chi connectivity index (χ0v) is 9.35. The van der Waals surface area contributed by atoms with E-state index < -0.39 is 11.6 Å². The van der Waals surface area contributed by atoms with Crippen LogP contribution in [0, 0.1) is 11.6 Å². The summed E-state index contributed by atoms with van der Waals surface area (Å²) in [4.78, 5) is 15.3. The van der Waals surface area contributed by atoms with Crippen LogP contribution in [0.5, 0.6) is 5.75 Å². The van der Waals surface area contributed by atoms with E-state index >= 15 is 0 Å². The van der Waals surface area contributed by atoms with Gasteiger partial charge in [-0.2, -0.15) is 0 Å². The maximum absolute atomic E-state index is 12.9. The lowest BCUT2D eigenvalue weighted by Crippen LogP contribution is -2.12. The summed E-state index contributed by atoms with van der Waals surface area (Å²) in [6.45, 7) is 0.0854. The fraction of sp³-hybridized carbons (Fsp3) is 0.167. The Morgan fingerprint density at radius 3 is 2.83 bits per heavy atom. The van der Waals surface area contributed by atoms with Gasteiger partial charge >= 0.3 is 0 Å². The van der Waals surface area contributed by atoms with E-state index in [9.17, 15) is 13.6 Å². The molecule has 94 valence electrons. The van der Waals surface area contributed by atoms with Crippen LogP contribution in [0.2, 0.25) is 0 Å². The van der Waals surface area contributed by atoms with Gasteiger partial charge in [0.25, 0.3) is 0 Å². The molecule has 0 amide bonds. The highest BCUT2D eigenvalue weighted by molar-refractivity contribution is 5.78. The van der Waals surface area contributed by atoms with Crippen LogP contribution in [-0.4, -0.2) is 22.1 Å². The zero-order valence-electron chi connectivity index (χ0n) is 9.35. The van der Waals surface area contributed by atoms with Crippen molar-refractivity contribution in [1.29, 1.82) is 0 Å². The first-order valence-electron chi connectivity index (χ1n) is 5.26. The van der Waals surface area contributed by atoms with E-state index in [1.54, 1.807) is 0 Å². The first-order valence-corrected chi connectivity index (χ1v) is 5.26. The summed E-state index contributed by atoms with van der Waals surface area (Å²) < 4.78 is 32.0. The molecule has 0 fully saturated rings. The molecule has 1 aromatic heterocycles. The monoisotopic (exact) mass is 252 g/mol. The first kappa shape index (κ1) is 12.2. The highest BCUT2D eigenvalue weighted by atomic mass is 19.2. The van der Waals surface area contributed by atoms with Crippen LogP contribution in [0.25, 0.3) is 0 Å². The Kier molecular flexibility index (Phi) is 3.66. The second kappa shape index (κ2) is 5.39. The summed E-state index contributed by atoms with van der Waals surface area (Å²) in [6.07, 6.45) is 4.53. The second-order valence-electron chi connectivity index (χ2n) is 3.54. The van der Waals surface area contributed by atoms with Gasteiger partial charge < -0.3 is 4.74 Å². The zero-order chi connectivity index (χ0) is 13.0. The van der Waals surface area contributed by atoms with E-state index in [1.165, 1.54) is 29.4 Å². The predicted molar refractivity (Wildman–Crippen MR) is 59.3 cm³/mol. The molecule has 2 aromatic rings. The van der Waals surface area contributed by atoms with Crippen LogP contribution in [0.4, 0.5) is 8.78 Å². The van der Waals surface area contributed by atoms with Crippen molar-refractivity contribution >= 4 is 5.91 Å². The number of ether oxygens (including phenoxy) is 1. The van der Waals surface area contributed by atoms with E-state index in [1.807, 2.05) is 0 Å². The number of carbonyl (C=O) groups excluding carboxylic acids is 1. The minimum absolute atomic E-state index is 0.0854. The molecule has 0 aliphatic heterocycles. The van der Waals surface area contributed by atoms with Gasteiger partial charge in [-0.3, -0.25) is 9.36 Å². The maximum atomic E-state index is 12.9. The van der Waals surface area contributed by atoms with Gasteiger partial charge in [-0.15, -0.1) is 0 Å². The smallest absolute Gasteiger partial charge is 0.235 e. The van der Waals surface area contributed by atoms with Crippen LogP contribution in [0.15, 0.2) is 36.9 Å². The molecular weight excluding hydrogens is 242 g/mol. The van der Waals surface area contributed by atoms with Crippen molar-refractivity contribution in [2.45, 2.75) is 6.42 Å². The van der Waals surface area contributed by atoms with E-state index in [-0.39, 0.29) is 24.7 Å². The average molecular weight is 252 g/mol. The van der Waals surface area contributed by atoms with Gasteiger partial charge in [0, 0.05) is 18.5 Å². The highest BCUT2D eigenvalue weighted by Crippen LogP contribution is 2.15. The summed E-state index contributed by atoms with van der Waals surface area (Å²) in [5.74, 6) is -1.91. The van der Waals surface area contributed by atoms with Crippen LogP contribution in [0.3, 0.4) is 0 Å². The topological polar surface area (TPSA) is 44.1 Å². The van der Waals surface area contributed by atoms with Gasteiger partial charge in [0.2, 0.25) is 5.91 Å². The lowest BCUT2D eigenvalue weighted by Gasteiger charge is -2.06. The SMILES string of the molecule is O=C(CCOc1ccc(F)c(F)c1)n1ccnc1. The molecule has 0 saturated carbocycles. The number of hydrogen-bond donors (Lipinski definition) is 0.